The molecule has 0 spiro atoms. The standard InChI is InChI=1S/C39H46N4O8/c1-6-49-36(47)38-21-25(38)15-11-8-12-16-29(34(45)51-37(2,3)4)33(44)43-23-27(22-39(43,40)35(46)42-38)50-32-20-30(24-13-9-7-10-14-24)41-31-19-26(48-5)17-18-28(31)32/h7,9-11,13-15,17-20,25,27,29H,6,8,12,16,21-23,40H2,1-5H3,(H,42,46)/b15-11+/t25-,27-,29+,38-,39+/m1/s1. The van der Waals surface area contributed by atoms with Crippen LogP contribution in [0.5, 0.6) is 11.5 Å². The van der Waals surface area contributed by atoms with Crippen molar-refractivity contribution in [2.24, 2.45) is 17.6 Å². The summed E-state index contributed by atoms with van der Waals surface area (Å²) in [5.74, 6) is -3.05. The van der Waals surface area contributed by atoms with E-state index in [-0.39, 0.29) is 31.9 Å². The van der Waals surface area contributed by atoms with Crippen LogP contribution in [0, 0.1) is 11.8 Å². The number of allylic oxidation sites excluding steroid dienone is 1. The molecule has 2 aromatic carbocycles. The number of esters is 2. The van der Waals surface area contributed by atoms with E-state index in [1.54, 1.807) is 40.9 Å². The molecule has 3 aliphatic rings. The molecule has 1 aromatic heterocycles. The number of carbonyl (C=O) groups is 4. The molecule has 1 saturated carbocycles. The quantitative estimate of drug-likeness (QED) is 0.202. The van der Waals surface area contributed by atoms with E-state index in [9.17, 15) is 19.2 Å². The minimum absolute atomic E-state index is 0.100. The van der Waals surface area contributed by atoms with Gasteiger partial charge in [-0.1, -0.05) is 42.5 Å². The lowest BCUT2D eigenvalue weighted by Crippen LogP contribution is -2.67. The molecule has 0 unspecified atom stereocenters. The molecule has 12 heteroatoms. The van der Waals surface area contributed by atoms with E-state index >= 15 is 0 Å². The van der Waals surface area contributed by atoms with Gasteiger partial charge in [0, 0.05) is 35.4 Å². The Morgan fingerprint density at radius 1 is 1.08 bits per heavy atom. The molecule has 1 saturated heterocycles. The van der Waals surface area contributed by atoms with E-state index in [2.05, 4.69) is 5.32 Å². The molecule has 5 atom stereocenters. The molecular formula is C39H46N4O8. The molecule has 3 aromatic rings. The van der Waals surface area contributed by atoms with E-state index in [1.165, 1.54) is 4.90 Å². The normalized spacial score (nSPS) is 27.1. The maximum atomic E-state index is 14.5. The van der Waals surface area contributed by atoms with Gasteiger partial charge in [0.2, 0.25) is 5.91 Å². The summed E-state index contributed by atoms with van der Waals surface area (Å²) in [5.41, 5.74) is 5.00. The predicted octanol–water partition coefficient (Wildman–Crippen LogP) is 4.68. The number of nitrogens with one attached hydrogen (secondary N) is 1. The number of carbonyl (C=O) groups excluding carboxylic acids is 4. The van der Waals surface area contributed by atoms with Crippen molar-refractivity contribution in [2.45, 2.75) is 82.7 Å². The number of ether oxygens (including phenoxy) is 4. The van der Waals surface area contributed by atoms with Gasteiger partial charge in [-0.2, -0.15) is 0 Å². The van der Waals surface area contributed by atoms with Crippen molar-refractivity contribution >= 4 is 34.7 Å². The van der Waals surface area contributed by atoms with Gasteiger partial charge < -0.3 is 34.9 Å². The topological polar surface area (TPSA) is 159 Å². The number of rotatable bonds is 7. The second-order valence-electron chi connectivity index (χ2n) is 14.5. The summed E-state index contributed by atoms with van der Waals surface area (Å²) in [6.45, 7) is 6.94. The average molecular weight is 699 g/mol. The zero-order valence-corrected chi connectivity index (χ0v) is 29.8. The van der Waals surface area contributed by atoms with Crippen LogP contribution in [-0.4, -0.2) is 76.8 Å². The maximum Gasteiger partial charge on any atom is 0.332 e. The second-order valence-corrected chi connectivity index (χ2v) is 14.5. The molecule has 51 heavy (non-hydrogen) atoms. The third-order valence-corrected chi connectivity index (χ3v) is 9.62. The number of fused-ring (bicyclic) bond motifs is 3. The zero-order valence-electron chi connectivity index (χ0n) is 29.8. The lowest BCUT2D eigenvalue weighted by Gasteiger charge is -2.36. The van der Waals surface area contributed by atoms with Crippen LogP contribution in [0.25, 0.3) is 22.2 Å². The highest BCUT2D eigenvalue weighted by molar-refractivity contribution is 6.02. The van der Waals surface area contributed by atoms with Crippen LogP contribution in [0.3, 0.4) is 0 Å². The third kappa shape index (κ3) is 7.28. The van der Waals surface area contributed by atoms with Gasteiger partial charge in [0.25, 0.3) is 5.91 Å². The van der Waals surface area contributed by atoms with Crippen LogP contribution in [0.15, 0.2) is 66.7 Å². The van der Waals surface area contributed by atoms with Gasteiger partial charge in [0.05, 0.1) is 31.5 Å². The van der Waals surface area contributed by atoms with Crippen LogP contribution in [0.4, 0.5) is 0 Å². The Bertz CT molecular complexity index is 1860. The molecule has 2 fully saturated rings. The fourth-order valence-electron chi connectivity index (χ4n) is 6.93. The molecule has 2 aliphatic heterocycles. The first-order chi connectivity index (χ1) is 24.3. The van der Waals surface area contributed by atoms with Crippen molar-refractivity contribution in [2.75, 3.05) is 20.3 Å². The summed E-state index contributed by atoms with van der Waals surface area (Å²) in [5, 5.41) is 3.57. The molecule has 270 valence electrons. The number of nitrogens with two attached hydrogens (primary N) is 1. The number of aromatic nitrogens is 1. The Balaban J connectivity index is 1.40. The van der Waals surface area contributed by atoms with Gasteiger partial charge in [-0.3, -0.25) is 14.4 Å². The van der Waals surface area contributed by atoms with Crippen molar-refractivity contribution < 1.29 is 38.1 Å². The smallest absolute Gasteiger partial charge is 0.332 e. The van der Waals surface area contributed by atoms with E-state index in [0.717, 1.165) is 5.56 Å². The average Bonchev–Trinajstić information content (AvgIpc) is 3.68. The fourth-order valence-corrected chi connectivity index (χ4v) is 6.93. The van der Waals surface area contributed by atoms with E-state index in [4.69, 9.17) is 29.7 Å². The first kappa shape index (κ1) is 35.8. The van der Waals surface area contributed by atoms with E-state index < -0.39 is 52.6 Å². The highest BCUT2D eigenvalue weighted by Crippen LogP contribution is 2.47. The van der Waals surface area contributed by atoms with Crippen LogP contribution in [-0.2, 0) is 28.7 Å². The lowest BCUT2D eigenvalue weighted by atomic mass is 9.97. The number of amides is 2. The first-order valence-electron chi connectivity index (χ1n) is 17.5. The molecule has 1 aliphatic carbocycles. The Morgan fingerprint density at radius 2 is 1.84 bits per heavy atom. The van der Waals surface area contributed by atoms with Crippen LogP contribution < -0.4 is 20.5 Å². The summed E-state index contributed by atoms with van der Waals surface area (Å²) in [7, 11) is 1.58. The lowest BCUT2D eigenvalue weighted by molar-refractivity contribution is -0.167. The minimum atomic E-state index is -1.97. The predicted molar refractivity (Wildman–Crippen MR) is 189 cm³/mol. The van der Waals surface area contributed by atoms with Gasteiger partial charge in [0.15, 0.2) is 5.66 Å². The highest BCUT2D eigenvalue weighted by Gasteiger charge is 2.64. The number of hydrogen-bond donors (Lipinski definition) is 2. The third-order valence-electron chi connectivity index (χ3n) is 9.62. The fraction of sp³-hybridized carbons (Fsp3) is 0.462. The number of nitrogens with zero attached hydrogens (tertiary/aromatic N) is 2. The Kier molecular flexibility index (Phi) is 9.82. The van der Waals surface area contributed by atoms with Gasteiger partial charge >= 0.3 is 11.9 Å². The van der Waals surface area contributed by atoms with Crippen molar-refractivity contribution in [3.63, 3.8) is 0 Å². The highest BCUT2D eigenvalue weighted by atomic mass is 16.6. The molecule has 0 bridgehead atoms. The van der Waals surface area contributed by atoms with E-state index in [1.807, 2.05) is 60.7 Å². The first-order valence-corrected chi connectivity index (χ1v) is 17.5. The van der Waals surface area contributed by atoms with Gasteiger partial charge in [-0.25, -0.2) is 9.78 Å². The minimum Gasteiger partial charge on any atom is -0.497 e. The Morgan fingerprint density at radius 3 is 2.55 bits per heavy atom. The summed E-state index contributed by atoms with van der Waals surface area (Å²) in [6, 6.07) is 16.9. The van der Waals surface area contributed by atoms with Crippen molar-refractivity contribution in [1.82, 2.24) is 15.2 Å². The number of benzene rings is 2. The van der Waals surface area contributed by atoms with Crippen molar-refractivity contribution in [3.8, 4) is 22.8 Å². The number of methoxy groups -OCH3 is 1. The van der Waals surface area contributed by atoms with Gasteiger partial charge in [-0.05, 0) is 65.5 Å². The largest absolute Gasteiger partial charge is 0.497 e. The number of hydrogen-bond acceptors (Lipinski definition) is 10. The van der Waals surface area contributed by atoms with Crippen LogP contribution in [0.1, 0.15) is 59.8 Å². The summed E-state index contributed by atoms with van der Waals surface area (Å²) in [6.07, 6.45) is 4.47. The van der Waals surface area contributed by atoms with Gasteiger partial charge in [-0.15, -0.1) is 0 Å². The zero-order chi connectivity index (χ0) is 36.6. The summed E-state index contributed by atoms with van der Waals surface area (Å²) >= 11 is 0. The second kappa shape index (κ2) is 14.0. The molecular weight excluding hydrogens is 652 g/mol. The number of pyridine rings is 1. The molecule has 3 N–H and O–H groups in total. The van der Waals surface area contributed by atoms with Crippen LogP contribution >= 0.6 is 0 Å². The molecule has 6 rings (SSSR count). The van der Waals surface area contributed by atoms with Crippen LogP contribution in [0.2, 0.25) is 0 Å². The maximum absolute atomic E-state index is 14.5. The van der Waals surface area contributed by atoms with Gasteiger partial charge in [0.1, 0.15) is 34.7 Å². The van der Waals surface area contributed by atoms with Crippen molar-refractivity contribution in [1.29, 1.82) is 0 Å². The summed E-state index contributed by atoms with van der Waals surface area (Å²) < 4.78 is 23.2. The van der Waals surface area contributed by atoms with Crippen molar-refractivity contribution in [3.05, 3.63) is 66.7 Å². The molecule has 2 amide bonds. The Labute approximate surface area is 297 Å². The SMILES string of the molecule is CCOC(=O)[C@@]12C[C@H]1/C=C/CCC[C@H](C(=O)OC(C)(C)C)C(=O)N1C[C@H](Oc3cc(-c4ccccc4)nc4cc(OC)ccc34)C[C@@]1(N)C(=O)N2. The monoisotopic (exact) mass is 698 g/mol. The Hall–Kier alpha value is -4.97. The van der Waals surface area contributed by atoms with E-state index in [0.29, 0.717) is 47.4 Å². The molecule has 12 nitrogen and oxygen atoms in total. The summed E-state index contributed by atoms with van der Waals surface area (Å²) in [4.78, 5) is 61.8. The molecule has 0 radical (unpaired) electrons. The molecule has 3 heterocycles.